The van der Waals surface area contributed by atoms with Crippen molar-refractivity contribution >= 4 is 11.6 Å². The lowest BCUT2D eigenvalue weighted by Crippen LogP contribution is -2.30. The predicted molar refractivity (Wildman–Crippen MR) is 67.6 cm³/mol. The van der Waals surface area contributed by atoms with E-state index in [4.69, 9.17) is 9.47 Å². The molecule has 1 aromatic rings. The monoisotopic (exact) mass is 237 g/mol. The van der Waals surface area contributed by atoms with E-state index in [2.05, 4.69) is 0 Å². The van der Waals surface area contributed by atoms with E-state index >= 15 is 0 Å². The van der Waals surface area contributed by atoms with Crippen LogP contribution in [-0.4, -0.2) is 33.3 Å². The van der Waals surface area contributed by atoms with Gasteiger partial charge < -0.3 is 14.4 Å². The van der Waals surface area contributed by atoms with Crippen molar-refractivity contribution in [2.45, 2.75) is 13.8 Å². The molecule has 0 bridgehead atoms. The molecule has 0 unspecified atom stereocenters. The standard InChI is InChI=1S/C13H19NO3/c1-5-17-9-13(15)14(3)11-6-7-12(16-4)10(2)8-11/h6-8H,5,9H2,1-4H3. The van der Waals surface area contributed by atoms with E-state index < -0.39 is 0 Å². The Morgan fingerprint density at radius 3 is 2.65 bits per heavy atom. The smallest absolute Gasteiger partial charge is 0.252 e. The van der Waals surface area contributed by atoms with E-state index in [9.17, 15) is 4.79 Å². The summed E-state index contributed by atoms with van der Waals surface area (Å²) >= 11 is 0. The van der Waals surface area contributed by atoms with Gasteiger partial charge >= 0.3 is 0 Å². The predicted octanol–water partition coefficient (Wildman–Crippen LogP) is 2.00. The van der Waals surface area contributed by atoms with Gasteiger partial charge in [-0.3, -0.25) is 4.79 Å². The number of aryl methyl sites for hydroxylation is 1. The average Bonchev–Trinajstić information content (AvgIpc) is 2.34. The number of hydrogen-bond acceptors (Lipinski definition) is 3. The Balaban J connectivity index is 2.78. The molecule has 4 nitrogen and oxygen atoms in total. The highest BCUT2D eigenvalue weighted by Gasteiger charge is 2.11. The van der Waals surface area contributed by atoms with Crippen molar-refractivity contribution in [1.82, 2.24) is 0 Å². The van der Waals surface area contributed by atoms with Crippen molar-refractivity contribution in [1.29, 1.82) is 0 Å². The van der Waals surface area contributed by atoms with Crippen LogP contribution < -0.4 is 9.64 Å². The Morgan fingerprint density at radius 2 is 2.12 bits per heavy atom. The Kier molecular flexibility index (Phi) is 4.97. The van der Waals surface area contributed by atoms with Gasteiger partial charge in [0.25, 0.3) is 5.91 Å². The summed E-state index contributed by atoms with van der Waals surface area (Å²) in [5.74, 6) is 0.760. The van der Waals surface area contributed by atoms with E-state index in [0.29, 0.717) is 6.61 Å². The summed E-state index contributed by atoms with van der Waals surface area (Å²) in [6.07, 6.45) is 0. The van der Waals surface area contributed by atoms with Crippen LogP contribution in [-0.2, 0) is 9.53 Å². The number of benzene rings is 1. The number of hydrogen-bond donors (Lipinski definition) is 0. The van der Waals surface area contributed by atoms with Crippen LogP contribution in [0.2, 0.25) is 0 Å². The molecule has 0 aliphatic rings. The summed E-state index contributed by atoms with van der Waals surface area (Å²) in [6, 6.07) is 5.63. The number of ether oxygens (including phenoxy) is 2. The average molecular weight is 237 g/mol. The summed E-state index contributed by atoms with van der Waals surface area (Å²) in [5, 5.41) is 0. The van der Waals surface area contributed by atoms with E-state index in [1.165, 1.54) is 0 Å². The highest BCUT2D eigenvalue weighted by atomic mass is 16.5. The molecule has 0 aromatic heterocycles. The summed E-state index contributed by atoms with van der Waals surface area (Å²) in [4.78, 5) is 13.3. The second-order valence-electron chi connectivity index (χ2n) is 3.74. The molecule has 0 heterocycles. The number of anilines is 1. The molecule has 0 spiro atoms. The third-order valence-electron chi connectivity index (χ3n) is 2.57. The van der Waals surface area contributed by atoms with Crippen LogP contribution in [0.25, 0.3) is 0 Å². The quantitative estimate of drug-likeness (QED) is 0.786. The summed E-state index contributed by atoms with van der Waals surface area (Å²) in [6.45, 7) is 4.47. The number of amides is 1. The zero-order valence-electron chi connectivity index (χ0n) is 10.8. The first-order valence-electron chi connectivity index (χ1n) is 5.59. The first-order valence-corrected chi connectivity index (χ1v) is 5.59. The first kappa shape index (κ1) is 13.5. The van der Waals surface area contributed by atoms with Crippen molar-refractivity contribution in [2.24, 2.45) is 0 Å². The molecule has 17 heavy (non-hydrogen) atoms. The maximum atomic E-state index is 11.7. The zero-order valence-corrected chi connectivity index (χ0v) is 10.8. The van der Waals surface area contributed by atoms with Gasteiger partial charge in [-0.1, -0.05) is 0 Å². The fourth-order valence-corrected chi connectivity index (χ4v) is 1.50. The summed E-state index contributed by atoms with van der Waals surface area (Å²) in [5.41, 5.74) is 1.84. The molecule has 0 fully saturated rings. The van der Waals surface area contributed by atoms with Gasteiger partial charge in [0.2, 0.25) is 0 Å². The van der Waals surface area contributed by atoms with Gasteiger partial charge in [-0.2, -0.15) is 0 Å². The van der Waals surface area contributed by atoms with Gasteiger partial charge in [-0.25, -0.2) is 0 Å². The minimum absolute atomic E-state index is 0.0589. The molecule has 1 amide bonds. The fraction of sp³-hybridized carbons (Fsp3) is 0.462. The van der Waals surface area contributed by atoms with Gasteiger partial charge in [-0.15, -0.1) is 0 Å². The van der Waals surface area contributed by atoms with Crippen molar-refractivity contribution < 1.29 is 14.3 Å². The van der Waals surface area contributed by atoms with Crippen LogP contribution in [0.4, 0.5) is 5.69 Å². The lowest BCUT2D eigenvalue weighted by molar-refractivity contribution is -0.122. The lowest BCUT2D eigenvalue weighted by Gasteiger charge is -2.18. The Morgan fingerprint density at radius 1 is 1.41 bits per heavy atom. The topological polar surface area (TPSA) is 38.8 Å². The van der Waals surface area contributed by atoms with Crippen LogP contribution >= 0.6 is 0 Å². The maximum absolute atomic E-state index is 11.7. The van der Waals surface area contributed by atoms with Crippen molar-refractivity contribution in [3.8, 4) is 5.75 Å². The van der Waals surface area contributed by atoms with Gasteiger partial charge in [0, 0.05) is 19.3 Å². The number of likely N-dealkylation sites (N-methyl/N-ethyl adjacent to an activating group) is 1. The maximum Gasteiger partial charge on any atom is 0.252 e. The Labute approximate surface area is 102 Å². The molecule has 0 aliphatic carbocycles. The molecule has 0 saturated heterocycles. The highest BCUT2D eigenvalue weighted by Crippen LogP contribution is 2.23. The van der Waals surface area contributed by atoms with Crippen LogP contribution in [0.3, 0.4) is 0 Å². The fourth-order valence-electron chi connectivity index (χ4n) is 1.50. The molecule has 1 aromatic carbocycles. The molecule has 94 valence electrons. The number of rotatable bonds is 5. The number of methoxy groups -OCH3 is 1. The van der Waals surface area contributed by atoms with Gasteiger partial charge in [0.15, 0.2) is 0 Å². The molecular formula is C13H19NO3. The van der Waals surface area contributed by atoms with Crippen molar-refractivity contribution in [2.75, 3.05) is 32.3 Å². The van der Waals surface area contributed by atoms with Crippen LogP contribution in [0.5, 0.6) is 5.75 Å². The molecule has 0 radical (unpaired) electrons. The highest BCUT2D eigenvalue weighted by molar-refractivity contribution is 5.93. The van der Waals surface area contributed by atoms with E-state index in [0.717, 1.165) is 17.0 Å². The molecule has 0 aliphatic heterocycles. The van der Waals surface area contributed by atoms with Crippen LogP contribution in [0.1, 0.15) is 12.5 Å². The number of carbonyl (C=O) groups excluding carboxylic acids is 1. The van der Waals surface area contributed by atoms with Gasteiger partial charge in [-0.05, 0) is 37.6 Å². The summed E-state index contributed by atoms with van der Waals surface area (Å²) in [7, 11) is 3.37. The molecule has 0 saturated carbocycles. The van der Waals surface area contributed by atoms with Crippen molar-refractivity contribution in [3.05, 3.63) is 23.8 Å². The van der Waals surface area contributed by atoms with E-state index in [1.807, 2.05) is 32.0 Å². The SMILES string of the molecule is CCOCC(=O)N(C)c1ccc(OC)c(C)c1. The second-order valence-corrected chi connectivity index (χ2v) is 3.74. The largest absolute Gasteiger partial charge is 0.496 e. The van der Waals surface area contributed by atoms with Crippen molar-refractivity contribution in [3.63, 3.8) is 0 Å². The van der Waals surface area contributed by atoms with Crippen LogP contribution in [0, 0.1) is 6.92 Å². The lowest BCUT2D eigenvalue weighted by atomic mass is 10.2. The normalized spacial score (nSPS) is 10.1. The summed E-state index contributed by atoms with van der Waals surface area (Å²) < 4.78 is 10.3. The Bertz CT molecular complexity index is 390. The minimum atomic E-state index is -0.0589. The molecule has 4 heteroatoms. The van der Waals surface area contributed by atoms with E-state index in [1.54, 1.807) is 19.1 Å². The Hall–Kier alpha value is -1.55. The van der Waals surface area contributed by atoms with Gasteiger partial charge in [0.1, 0.15) is 12.4 Å². The molecule has 1 rings (SSSR count). The number of nitrogens with zero attached hydrogens (tertiary/aromatic N) is 1. The zero-order chi connectivity index (χ0) is 12.8. The minimum Gasteiger partial charge on any atom is -0.496 e. The third kappa shape index (κ3) is 3.46. The third-order valence-corrected chi connectivity index (χ3v) is 2.57. The van der Waals surface area contributed by atoms with Crippen LogP contribution in [0.15, 0.2) is 18.2 Å². The first-order chi connectivity index (χ1) is 8.10. The second kappa shape index (κ2) is 6.25. The van der Waals surface area contributed by atoms with E-state index in [-0.39, 0.29) is 12.5 Å². The molecule has 0 atom stereocenters. The van der Waals surface area contributed by atoms with Gasteiger partial charge in [0.05, 0.1) is 7.11 Å². The molecular weight excluding hydrogens is 218 g/mol. The molecule has 0 N–H and O–H groups in total. The number of carbonyl (C=O) groups is 1.